The van der Waals surface area contributed by atoms with Crippen LogP contribution in [-0.2, 0) is 4.79 Å². The van der Waals surface area contributed by atoms with E-state index in [-0.39, 0.29) is 18.6 Å². The number of benzene rings is 1. The Balaban J connectivity index is 1.84. The molecule has 4 heteroatoms. The molecule has 1 atom stereocenters. The van der Waals surface area contributed by atoms with Gasteiger partial charge in [0, 0.05) is 12.1 Å². The van der Waals surface area contributed by atoms with Crippen LogP contribution in [0, 0.1) is 0 Å². The number of carbonyl (C=O) groups excluding carboxylic acids is 1. The number of nitrogens with two attached hydrogens (primary N) is 1. The van der Waals surface area contributed by atoms with Crippen molar-refractivity contribution in [3.05, 3.63) is 29.8 Å². The van der Waals surface area contributed by atoms with E-state index in [1.54, 1.807) is 0 Å². The zero-order chi connectivity index (χ0) is 12.3. The lowest BCUT2D eigenvalue weighted by Gasteiger charge is -2.10. The molecule has 3 N–H and O–H groups in total. The van der Waals surface area contributed by atoms with Crippen LogP contribution >= 0.6 is 0 Å². The third-order valence-electron chi connectivity index (χ3n) is 2.70. The van der Waals surface area contributed by atoms with Gasteiger partial charge in [-0.1, -0.05) is 12.1 Å². The SMILES string of the molecule is C[C@H](N)c1cccc(OCC(=O)NC2CC2)c1. The normalized spacial score (nSPS) is 16.4. The fourth-order valence-corrected chi connectivity index (χ4v) is 1.53. The topological polar surface area (TPSA) is 64.3 Å². The van der Waals surface area contributed by atoms with E-state index in [0.717, 1.165) is 18.4 Å². The summed E-state index contributed by atoms with van der Waals surface area (Å²) in [5.41, 5.74) is 6.78. The molecule has 1 saturated carbocycles. The summed E-state index contributed by atoms with van der Waals surface area (Å²) in [7, 11) is 0. The fourth-order valence-electron chi connectivity index (χ4n) is 1.53. The fraction of sp³-hybridized carbons (Fsp3) is 0.462. The monoisotopic (exact) mass is 234 g/mol. The summed E-state index contributed by atoms with van der Waals surface area (Å²) >= 11 is 0. The van der Waals surface area contributed by atoms with Crippen LogP contribution in [0.4, 0.5) is 0 Å². The van der Waals surface area contributed by atoms with Crippen molar-refractivity contribution in [2.75, 3.05) is 6.61 Å². The van der Waals surface area contributed by atoms with Gasteiger partial charge in [0.05, 0.1) is 0 Å². The standard InChI is InChI=1S/C13H18N2O2/c1-9(14)10-3-2-4-12(7-10)17-8-13(16)15-11-5-6-11/h2-4,7,9,11H,5-6,8,14H2,1H3,(H,15,16)/t9-/m0/s1. The van der Waals surface area contributed by atoms with Crippen molar-refractivity contribution in [3.63, 3.8) is 0 Å². The van der Waals surface area contributed by atoms with E-state index in [0.29, 0.717) is 11.8 Å². The highest BCUT2D eigenvalue weighted by molar-refractivity contribution is 5.78. The smallest absolute Gasteiger partial charge is 0.258 e. The van der Waals surface area contributed by atoms with Crippen LogP contribution in [0.5, 0.6) is 5.75 Å². The summed E-state index contributed by atoms with van der Waals surface area (Å²) in [6, 6.07) is 7.88. The predicted molar refractivity (Wildman–Crippen MR) is 65.7 cm³/mol. The zero-order valence-corrected chi connectivity index (χ0v) is 9.98. The molecule has 0 bridgehead atoms. The number of rotatable bonds is 5. The molecule has 0 radical (unpaired) electrons. The number of hydrogen-bond donors (Lipinski definition) is 2. The van der Waals surface area contributed by atoms with Gasteiger partial charge in [-0.3, -0.25) is 4.79 Å². The maximum absolute atomic E-state index is 11.4. The van der Waals surface area contributed by atoms with Crippen molar-refractivity contribution >= 4 is 5.91 Å². The van der Waals surface area contributed by atoms with E-state index in [4.69, 9.17) is 10.5 Å². The average molecular weight is 234 g/mol. The van der Waals surface area contributed by atoms with E-state index in [9.17, 15) is 4.79 Å². The summed E-state index contributed by atoms with van der Waals surface area (Å²) in [5, 5.41) is 2.87. The van der Waals surface area contributed by atoms with E-state index in [2.05, 4.69) is 5.32 Å². The molecule has 0 saturated heterocycles. The Bertz CT molecular complexity index is 400. The predicted octanol–water partition coefficient (Wildman–Crippen LogP) is 1.36. The molecule has 0 heterocycles. The Labute approximate surface area is 101 Å². The van der Waals surface area contributed by atoms with E-state index >= 15 is 0 Å². The van der Waals surface area contributed by atoms with Gasteiger partial charge in [-0.25, -0.2) is 0 Å². The zero-order valence-electron chi connectivity index (χ0n) is 9.98. The van der Waals surface area contributed by atoms with Crippen LogP contribution in [0.15, 0.2) is 24.3 Å². The molecule has 17 heavy (non-hydrogen) atoms. The molecule has 1 aromatic carbocycles. The molecule has 0 aliphatic heterocycles. The largest absolute Gasteiger partial charge is 0.484 e. The van der Waals surface area contributed by atoms with Crippen LogP contribution in [-0.4, -0.2) is 18.6 Å². The lowest BCUT2D eigenvalue weighted by Crippen LogP contribution is -2.30. The first-order valence-electron chi connectivity index (χ1n) is 5.93. The van der Waals surface area contributed by atoms with Crippen LogP contribution in [0.1, 0.15) is 31.4 Å². The minimum Gasteiger partial charge on any atom is -0.484 e. The maximum atomic E-state index is 11.4. The molecule has 0 spiro atoms. The highest BCUT2D eigenvalue weighted by Crippen LogP contribution is 2.19. The second kappa shape index (κ2) is 5.19. The van der Waals surface area contributed by atoms with Gasteiger partial charge in [-0.2, -0.15) is 0 Å². The molecular formula is C13H18N2O2. The van der Waals surface area contributed by atoms with Crippen molar-refractivity contribution in [3.8, 4) is 5.75 Å². The van der Waals surface area contributed by atoms with Gasteiger partial charge >= 0.3 is 0 Å². The molecule has 1 aromatic rings. The highest BCUT2D eigenvalue weighted by Gasteiger charge is 2.23. The minimum atomic E-state index is -0.0568. The van der Waals surface area contributed by atoms with Gasteiger partial charge < -0.3 is 15.8 Å². The summed E-state index contributed by atoms with van der Waals surface area (Å²) in [5.74, 6) is 0.629. The second-order valence-corrected chi connectivity index (χ2v) is 4.49. The van der Waals surface area contributed by atoms with Crippen molar-refractivity contribution < 1.29 is 9.53 Å². The molecule has 4 nitrogen and oxygen atoms in total. The first kappa shape index (κ1) is 11.9. The average Bonchev–Trinajstić information content (AvgIpc) is 3.11. The third-order valence-corrected chi connectivity index (χ3v) is 2.70. The molecule has 2 rings (SSSR count). The molecule has 92 valence electrons. The third kappa shape index (κ3) is 3.75. The van der Waals surface area contributed by atoms with Crippen molar-refractivity contribution in [1.82, 2.24) is 5.32 Å². The van der Waals surface area contributed by atoms with Gasteiger partial charge in [-0.15, -0.1) is 0 Å². The number of amides is 1. The van der Waals surface area contributed by atoms with Gasteiger partial charge in [0.15, 0.2) is 6.61 Å². The lowest BCUT2D eigenvalue weighted by molar-refractivity contribution is -0.123. The molecule has 1 fully saturated rings. The number of hydrogen-bond acceptors (Lipinski definition) is 3. The number of carbonyl (C=O) groups is 1. The quantitative estimate of drug-likeness (QED) is 0.808. The van der Waals surface area contributed by atoms with Crippen molar-refractivity contribution in [2.24, 2.45) is 5.73 Å². The van der Waals surface area contributed by atoms with E-state index in [1.165, 1.54) is 0 Å². The first-order valence-corrected chi connectivity index (χ1v) is 5.93. The molecule has 1 aliphatic carbocycles. The Morgan fingerprint density at radius 1 is 1.59 bits per heavy atom. The summed E-state index contributed by atoms with van der Waals surface area (Å²) in [6.07, 6.45) is 2.18. The lowest BCUT2D eigenvalue weighted by atomic mass is 10.1. The molecule has 0 unspecified atom stereocenters. The Morgan fingerprint density at radius 3 is 3.00 bits per heavy atom. The highest BCUT2D eigenvalue weighted by atomic mass is 16.5. The van der Waals surface area contributed by atoms with E-state index in [1.807, 2.05) is 31.2 Å². The van der Waals surface area contributed by atoms with Gasteiger partial charge in [0.1, 0.15) is 5.75 Å². The van der Waals surface area contributed by atoms with Crippen LogP contribution in [0.3, 0.4) is 0 Å². The summed E-state index contributed by atoms with van der Waals surface area (Å²) < 4.78 is 5.42. The van der Waals surface area contributed by atoms with Crippen LogP contribution < -0.4 is 15.8 Å². The second-order valence-electron chi connectivity index (χ2n) is 4.49. The first-order chi connectivity index (χ1) is 8.15. The van der Waals surface area contributed by atoms with Crippen LogP contribution in [0.2, 0.25) is 0 Å². The van der Waals surface area contributed by atoms with Crippen molar-refractivity contribution in [2.45, 2.75) is 31.8 Å². The molecular weight excluding hydrogens is 216 g/mol. The number of ether oxygens (including phenoxy) is 1. The van der Waals surface area contributed by atoms with Gasteiger partial charge in [0.25, 0.3) is 5.91 Å². The minimum absolute atomic E-state index is 0.0289. The van der Waals surface area contributed by atoms with Crippen LogP contribution in [0.25, 0.3) is 0 Å². The Kier molecular flexibility index (Phi) is 3.64. The van der Waals surface area contributed by atoms with Gasteiger partial charge in [-0.05, 0) is 37.5 Å². The maximum Gasteiger partial charge on any atom is 0.258 e. The van der Waals surface area contributed by atoms with Crippen molar-refractivity contribution in [1.29, 1.82) is 0 Å². The Morgan fingerprint density at radius 2 is 2.35 bits per heavy atom. The summed E-state index contributed by atoms with van der Waals surface area (Å²) in [4.78, 5) is 11.4. The molecule has 1 amide bonds. The van der Waals surface area contributed by atoms with E-state index < -0.39 is 0 Å². The molecule has 0 aromatic heterocycles. The Hall–Kier alpha value is -1.55. The summed E-state index contributed by atoms with van der Waals surface area (Å²) in [6.45, 7) is 1.98. The number of nitrogens with one attached hydrogen (secondary N) is 1. The molecule has 1 aliphatic rings. The van der Waals surface area contributed by atoms with Gasteiger partial charge in [0.2, 0.25) is 0 Å².